The summed E-state index contributed by atoms with van der Waals surface area (Å²) in [7, 11) is 1.97. The molecule has 3 nitrogen and oxygen atoms in total. The molecule has 0 unspecified atom stereocenters. The van der Waals surface area contributed by atoms with Crippen molar-refractivity contribution in [1.29, 1.82) is 0 Å². The summed E-state index contributed by atoms with van der Waals surface area (Å²) in [6.07, 6.45) is 5.18. The van der Waals surface area contributed by atoms with E-state index in [0.717, 1.165) is 35.6 Å². The van der Waals surface area contributed by atoms with Crippen LogP contribution in [0.3, 0.4) is 0 Å². The van der Waals surface area contributed by atoms with Crippen LogP contribution in [0.1, 0.15) is 68.2 Å². The molecule has 2 rings (SSSR count). The molecule has 1 aliphatic carbocycles. The van der Waals surface area contributed by atoms with E-state index in [1.165, 1.54) is 31.2 Å². The Balaban J connectivity index is 2.11. The van der Waals surface area contributed by atoms with Gasteiger partial charge in [0, 0.05) is 29.4 Å². The number of nitrogens with zero attached hydrogens (tertiary/aromatic N) is 2. The summed E-state index contributed by atoms with van der Waals surface area (Å²) in [5.41, 5.74) is 3.55. The normalized spacial score (nSPS) is 23.3. The third-order valence-electron chi connectivity index (χ3n) is 4.87. The molecule has 0 spiro atoms. The van der Waals surface area contributed by atoms with E-state index >= 15 is 0 Å². The third-order valence-corrected chi connectivity index (χ3v) is 4.87. The maximum absolute atomic E-state index is 4.80. The molecule has 1 fully saturated rings. The molecule has 1 aliphatic rings. The fourth-order valence-corrected chi connectivity index (χ4v) is 3.42. The first kappa shape index (κ1) is 15.4. The highest BCUT2D eigenvalue weighted by molar-refractivity contribution is 5.25. The smallest absolute Gasteiger partial charge is 0.131 e. The highest BCUT2D eigenvalue weighted by Crippen LogP contribution is 2.37. The van der Waals surface area contributed by atoms with Crippen LogP contribution in [0.25, 0.3) is 0 Å². The highest BCUT2D eigenvalue weighted by Gasteiger charge is 2.26. The lowest BCUT2D eigenvalue weighted by Gasteiger charge is -2.30. The van der Waals surface area contributed by atoms with Gasteiger partial charge in [-0.05, 0) is 58.4 Å². The van der Waals surface area contributed by atoms with E-state index in [0.29, 0.717) is 5.92 Å². The third kappa shape index (κ3) is 3.38. The number of nitrogens with one attached hydrogen (secondary N) is 1. The van der Waals surface area contributed by atoms with Crippen LogP contribution >= 0.6 is 0 Å². The van der Waals surface area contributed by atoms with Crippen molar-refractivity contribution in [2.75, 3.05) is 7.05 Å². The van der Waals surface area contributed by atoms with Crippen LogP contribution in [0.15, 0.2) is 0 Å². The van der Waals surface area contributed by atoms with E-state index in [9.17, 15) is 0 Å². The molecule has 1 N–H and O–H groups in total. The van der Waals surface area contributed by atoms with Crippen LogP contribution in [0.4, 0.5) is 0 Å². The van der Waals surface area contributed by atoms with E-state index in [1.807, 2.05) is 7.05 Å². The molecular formula is C17H29N3. The number of aromatic nitrogens is 2. The zero-order chi connectivity index (χ0) is 14.7. The Labute approximate surface area is 123 Å². The lowest BCUT2D eigenvalue weighted by molar-refractivity contribution is 0.254. The Hall–Kier alpha value is -0.960. The summed E-state index contributed by atoms with van der Waals surface area (Å²) in [5.74, 6) is 3.38. The topological polar surface area (TPSA) is 37.8 Å². The zero-order valence-corrected chi connectivity index (χ0v) is 13.7. The number of hydrogen-bond acceptors (Lipinski definition) is 3. The second kappa shape index (κ2) is 6.66. The molecule has 0 saturated heterocycles. The summed E-state index contributed by atoms with van der Waals surface area (Å²) >= 11 is 0. The van der Waals surface area contributed by atoms with Gasteiger partial charge in [-0.3, -0.25) is 0 Å². The van der Waals surface area contributed by atoms with Gasteiger partial charge < -0.3 is 5.32 Å². The van der Waals surface area contributed by atoms with Gasteiger partial charge in [0.05, 0.1) is 0 Å². The molecule has 0 radical (unpaired) electrons. The second-order valence-electron chi connectivity index (χ2n) is 6.62. The Bertz CT molecular complexity index is 423. The standard InChI is InChI=1S/C17H29N3/c1-11(2)14-6-8-15(9-7-14)17-19-12(3)16(10-18-5)13(4)20-17/h11,14-15,18H,6-10H2,1-5H3. The zero-order valence-electron chi connectivity index (χ0n) is 13.7. The van der Waals surface area contributed by atoms with Gasteiger partial charge in [-0.15, -0.1) is 0 Å². The predicted molar refractivity (Wildman–Crippen MR) is 83.8 cm³/mol. The Morgan fingerprint density at radius 3 is 2.05 bits per heavy atom. The molecule has 1 aromatic heterocycles. The van der Waals surface area contributed by atoms with Gasteiger partial charge in [-0.2, -0.15) is 0 Å². The van der Waals surface area contributed by atoms with Gasteiger partial charge in [0.25, 0.3) is 0 Å². The van der Waals surface area contributed by atoms with Crippen LogP contribution < -0.4 is 5.32 Å². The van der Waals surface area contributed by atoms with Gasteiger partial charge in [0.15, 0.2) is 0 Å². The van der Waals surface area contributed by atoms with Crippen molar-refractivity contribution in [3.8, 4) is 0 Å². The first-order valence-corrected chi connectivity index (χ1v) is 8.01. The number of rotatable bonds is 4. The van der Waals surface area contributed by atoms with Gasteiger partial charge in [-0.1, -0.05) is 13.8 Å². The minimum Gasteiger partial charge on any atom is -0.316 e. The van der Waals surface area contributed by atoms with E-state index in [4.69, 9.17) is 9.97 Å². The molecule has 112 valence electrons. The Morgan fingerprint density at radius 2 is 1.60 bits per heavy atom. The Kier molecular flexibility index (Phi) is 5.14. The van der Waals surface area contributed by atoms with Crippen molar-refractivity contribution >= 4 is 0 Å². The molecule has 1 heterocycles. The average molecular weight is 275 g/mol. The first-order valence-electron chi connectivity index (χ1n) is 8.01. The van der Waals surface area contributed by atoms with Crippen LogP contribution in [0.2, 0.25) is 0 Å². The molecule has 1 saturated carbocycles. The van der Waals surface area contributed by atoms with Gasteiger partial charge in [-0.25, -0.2) is 9.97 Å². The molecule has 0 aliphatic heterocycles. The van der Waals surface area contributed by atoms with Crippen LogP contribution in [-0.2, 0) is 6.54 Å². The van der Waals surface area contributed by atoms with Gasteiger partial charge in [0.2, 0.25) is 0 Å². The molecule has 3 heteroatoms. The SMILES string of the molecule is CNCc1c(C)nc(C2CCC(C(C)C)CC2)nc1C. The lowest BCUT2D eigenvalue weighted by Crippen LogP contribution is -2.20. The minimum atomic E-state index is 0.575. The van der Waals surface area contributed by atoms with E-state index < -0.39 is 0 Å². The monoisotopic (exact) mass is 275 g/mol. The molecule has 0 amide bonds. The lowest BCUT2D eigenvalue weighted by atomic mass is 9.76. The molecule has 0 bridgehead atoms. The average Bonchev–Trinajstić information content (AvgIpc) is 2.42. The fraction of sp³-hybridized carbons (Fsp3) is 0.765. The van der Waals surface area contributed by atoms with Crippen LogP contribution in [0, 0.1) is 25.7 Å². The highest BCUT2D eigenvalue weighted by atomic mass is 14.9. The van der Waals surface area contributed by atoms with Gasteiger partial charge >= 0.3 is 0 Å². The maximum atomic E-state index is 4.80. The summed E-state index contributed by atoms with van der Waals surface area (Å²) in [6.45, 7) is 9.79. The van der Waals surface area contributed by atoms with E-state index in [-0.39, 0.29) is 0 Å². The van der Waals surface area contributed by atoms with Crippen LogP contribution in [-0.4, -0.2) is 17.0 Å². The fourth-order valence-electron chi connectivity index (χ4n) is 3.42. The van der Waals surface area contributed by atoms with Crippen LogP contribution in [0.5, 0.6) is 0 Å². The Morgan fingerprint density at radius 1 is 1.05 bits per heavy atom. The van der Waals surface area contributed by atoms with Crippen molar-refractivity contribution in [2.24, 2.45) is 11.8 Å². The van der Waals surface area contributed by atoms with Gasteiger partial charge in [0.1, 0.15) is 5.82 Å². The number of hydrogen-bond donors (Lipinski definition) is 1. The van der Waals surface area contributed by atoms with Crippen molar-refractivity contribution in [1.82, 2.24) is 15.3 Å². The molecule has 0 atom stereocenters. The minimum absolute atomic E-state index is 0.575. The summed E-state index contributed by atoms with van der Waals surface area (Å²) in [6, 6.07) is 0. The van der Waals surface area contributed by atoms with Crippen molar-refractivity contribution < 1.29 is 0 Å². The molecular weight excluding hydrogens is 246 g/mol. The van der Waals surface area contributed by atoms with E-state index in [1.54, 1.807) is 0 Å². The van der Waals surface area contributed by atoms with Crippen molar-refractivity contribution in [2.45, 2.75) is 65.8 Å². The quantitative estimate of drug-likeness (QED) is 0.909. The second-order valence-corrected chi connectivity index (χ2v) is 6.62. The number of aryl methyl sites for hydroxylation is 2. The van der Waals surface area contributed by atoms with Crippen molar-refractivity contribution in [3.05, 3.63) is 22.8 Å². The largest absolute Gasteiger partial charge is 0.316 e. The predicted octanol–water partition coefficient (Wildman–Crippen LogP) is 3.74. The summed E-state index contributed by atoms with van der Waals surface area (Å²) < 4.78 is 0. The summed E-state index contributed by atoms with van der Waals surface area (Å²) in [4.78, 5) is 9.59. The molecule has 0 aromatic carbocycles. The summed E-state index contributed by atoms with van der Waals surface area (Å²) in [5, 5.41) is 3.20. The van der Waals surface area contributed by atoms with E-state index in [2.05, 4.69) is 33.0 Å². The molecule has 1 aromatic rings. The molecule has 20 heavy (non-hydrogen) atoms. The maximum Gasteiger partial charge on any atom is 0.131 e. The first-order chi connectivity index (χ1) is 9.52. The van der Waals surface area contributed by atoms with Crippen molar-refractivity contribution in [3.63, 3.8) is 0 Å².